The minimum atomic E-state index is 0. The summed E-state index contributed by atoms with van der Waals surface area (Å²) in [5.74, 6) is 1.38. The molecular weight excluding hydrogens is 389 g/mol. The second-order valence-electron chi connectivity index (χ2n) is 5.11. The van der Waals surface area contributed by atoms with Gasteiger partial charge in [-0.15, -0.1) is 24.0 Å². The summed E-state index contributed by atoms with van der Waals surface area (Å²) >= 11 is 0. The van der Waals surface area contributed by atoms with E-state index in [9.17, 15) is 0 Å². The summed E-state index contributed by atoms with van der Waals surface area (Å²) in [6.07, 6.45) is 4.78. The number of nitrogens with two attached hydrogens (primary N) is 1. The lowest BCUT2D eigenvalue weighted by Crippen LogP contribution is -2.38. The molecule has 0 amide bonds. The van der Waals surface area contributed by atoms with Crippen LogP contribution in [0.3, 0.4) is 0 Å². The van der Waals surface area contributed by atoms with Gasteiger partial charge in [-0.3, -0.25) is 0 Å². The summed E-state index contributed by atoms with van der Waals surface area (Å²) in [7, 11) is 0. The summed E-state index contributed by atoms with van der Waals surface area (Å²) in [5, 5.41) is 3.15. The molecular formula is C16H24IN5. The number of aliphatic imine (C=N–C) groups is 1. The first-order valence-corrected chi connectivity index (χ1v) is 7.29. The predicted octanol–water partition coefficient (Wildman–Crippen LogP) is 2.75. The van der Waals surface area contributed by atoms with E-state index in [-0.39, 0.29) is 24.0 Å². The highest BCUT2D eigenvalue weighted by Gasteiger charge is 2.04. The summed E-state index contributed by atoms with van der Waals surface area (Å²) in [6.45, 7) is 5.47. The van der Waals surface area contributed by atoms with Crippen LogP contribution in [0.1, 0.15) is 31.7 Å². The van der Waals surface area contributed by atoms with Crippen molar-refractivity contribution in [2.45, 2.75) is 39.4 Å². The molecule has 3 N–H and O–H groups in total. The molecule has 1 aromatic heterocycles. The first-order chi connectivity index (χ1) is 10.2. The van der Waals surface area contributed by atoms with Crippen LogP contribution in [0.4, 0.5) is 0 Å². The van der Waals surface area contributed by atoms with Crippen molar-refractivity contribution in [2.75, 3.05) is 0 Å². The molecule has 0 saturated carbocycles. The van der Waals surface area contributed by atoms with Gasteiger partial charge in [0.1, 0.15) is 12.4 Å². The number of nitrogens with one attached hydrogen (secondary N) is 1. The normalized spacial score (nSPS) is 12.5. The van der Waals surface area contributed by atoms with E-state index in [0.717, 1.165) is 18.8 Å². The number of imidazole rings is 1. The highest BCUT2D eigenvalue weighted by Crippen LogP contribution is 2.06. The molecule has 0 spiro atoms. The van der Waals surface area contributed by atoms with Crippen molar-refractivity contribution in [3.05, 3.63) is 54.1 Å². The number of benzene rings is 1. The third-order valence-corrected chi connectivity index (χ3v) is 3.39. The number of halogens is 1. The van der Waals surface area contributed by atoms with Gasteiger partial charge in [0.15, 0.2) is 5.96 Å². The Morgan fingerprint density at radius 1 is 1.36 bits per heavy atom. The molecule has 0 aliphatic rings. The van der Waals surface area contributed by atoms with Gasteiger partial charge in [-0.1, -0.05) is 37.3 Å². The largest absolute Gasteiger partial charge is 0.370 e. The fraction of sp³-hybridized carbons (Fsp3) is 0.375. The lowest BCUT2D eigenvalue weighted by Gasteiger charge is -2.12. The van der Waals surface area contributed by atoms with Crippen LogP contribution in [0, 0.1) is 0 Å². The van der Waals surface area contributed by atoms with Crippen LogP contribution >= 0.6 is 24.0 Å². The van der Waals surface area contributed by atoms with E-state index in [1.165, 1.54) is 5.56 Å². The molecule has 120 valence electrons. The van der Waals surface area contributed by atoms with Crippen LogP contribution in [0.2, 0.25) is 0 Å². The van der Waals surface area contributed by atoms with Gasteiger partial charge in [-0.25, -0.2) is 9.98 Å². The Balaban J connectivity index is 0.00000242. The molecule has 1 unspecified atom stereocenters. The summed E-state index contributed by atoms with van der Waals surface area (Å²) < 4.78 is 2.09. The van der Waals surface area contributed by atoms with Gasteiger partial charge in [-0.05, 0) is 18.9 Å². The van der Waals surface area contributed by atoms with Gasteiger partial charge >= 0.3 is 0 Å². The van der Waals surface area contributed by atoms with Crippen LogP contribution < -0.4 is 11.1 Å². The van der Waals surface area contributed by atoms with Crippen LogP contribution in [0.5, 0.6) is 0 Å². The maximum absolute atomic E-state index is 5.87. The van der Waals surface area contributed by atoms with E-state index in [1.807, 2.05) is 24.4 Å². The molecule has 0 bridgehead atoms. The highest BCUT2D eigenvalue weighted by molar-refractivity contribution is 14.0. The number of hydrogen-bond donors (Lipinski definition) is 2. The molecule has 6 heteroatoms. The minimum absolute atomic E-state index is 0. The fourth-order valence-corrected chi connectivity index (χ4v) is 1.97. The molecule has 22 heavy (non-hydrogen) atoms. The van der Waals surface area contributed by atoms with Gasteiger partial charge in [0, 0.05) is 25.0 Å². The van der Waals surface area contributed by atoms with Gasteiger partial charge in [0.05, 0.1) is 0 Å². The molecule has 2 aromatic rings. The van der Waals surface area contributed by atoms with Crippen molar-refractivity contribution in [1.82, 2.24) is 14.9 Å². The molecule has 0 saturated heterocycles. The third kappa shape index (κ3) is 5.67. The van der Waals surface area contributed by atoms with Crippen LogP contribution in [-0.4, -0.2) is 21.6 Å². The second kappa shape index (κ2) is 9.45. The monoisotopic (exact) mass is 413 g/mol. The van der Waals surface area contributed by atoms with Crippen molar-refractivity contribution in [3.63, 3.8) is 0 Å². The number of guanidine groups is 1. The standard InChI is InChI=1S/C16H23N5.HI/c1-3-13(2)20-16(17)19-11-15-18-9-10-21(15)12-14-7-5-4-6-8-14;/h4-10,13H,3,11-12H2,1-2H3,(H3,17,19,20);1H. The topological polar surface area (TPSA) is 68.2 Å². The lowest BCUT2D eigenvalue weighted by atomic mass is 10.2. The van der Waals surface area contributed by atoms with Crippen molar-refractivity contribution in [3.8, 4) is 0 Å². The van der Waals surface area contributed by atoms with Crippen molar-refractivity contribution < 1.29 is 0 Å². The fourth-order valence-electron chi connectivity index (χ4n) is 1.97. The second-order valence-corrected chi connectivity index (χ2v) is 5.11. The van der Waals surface area contributed by atoms with Gasteiger partial charge < -0.3 is 15.6 Å². The zero-order chi connectivity index (χ0) is 15.1. The Bertz CT molecular complexity index is 579. The molecule has 0 fully saturated rings. The number of rotatable bonds is 6. The van der Waals surface area contributed by atoms with Crippen LogP contribution in [0.25, 0.3) is 0 Å². The maximum Gasteiger partial charge on any atom is 0.189 e. The maximum atomic E-state index is 5.87. The molecule has 5 nitrogen and oxygen atoms in total. The van der Waals surface area contributed by atoms with E-state index in [1.54, 1.807) is 6.20 Å². The van der Waals surface area contributed by atoms with E-state index in [4.69, 9.17) is 5.73 Å². The zero-order valence-corrected chi connectivity index (χ0v) is 15.4. The SMILES string of the molecule is CCC(C)NC(N)=NCc1nccn1Cc1ccccc1.I. The third-order valence-electron chi connectivity index (χ3n) is 3.39. The Labute approximate surface area is 149 Å². The summed E-state index contributed by atoms with van der Waals surface area (Å²) in [5.41, 5.74) is 7.11. The molecule has 1 aromatic carbocycles. The minimum Gasteiger partial charge on any atom is -0.370 e. The van der Waals surface area contributed by atoms with E-state index < -0.39 is 0 Å². The predicted molar refractivity (Wildman–Crippen MR) is 101 cm³/mol. The van der Waals surface area contributed by atoms with Crippen molar-refractivity contribution in [1.29, 1.82) is 0 Å². The molecule has 1 atom stereocenters. The first-order valence-electron chi connectivity index (χ1n) is 7.29. The number of nitrogens with zero attached hydrogens (tertiary/aromatic N) is 3. The molecule has 0 radical (unpaired) electrons. The number of aromatic nitrogens is 2. The van der Waals surface area contributed by atoms with E-state index in [0.29, 0.717) is 18.5 Å². The Kier molecular flexibility index (Phi) is 7.94. The molecule has 0 aliphatic carbocycles. The van der Waals surface area contributed by atoms with E-state index >= 15 is 0 Å². The quantitative estimate of drug-likeness (QED) is 0.435. The Morgan fingerprint density at radius 3 is 2.77 bits per heavy atom. The summed E-state index contributed by atoms with van der Waals surface area (Å²) in [6, 6.07) is 10.6. The van der Waals surface area contributed by atoms with Crippen LogP contribution in [0.15, 0.2) is 47.7 Å². The summed E-state index contributed by atoms with van der Waals surface area (Å²) in [4.78, 5) is 8.71. The average Bonchev–Trinajstić information content (AvgIpc) is 2.93. The molecule has 1 heterocycles. The molecule has 0 aliphatic heterocycles. The molecule has 2 rings (SSSR count). The highest BCUT2D eigenvalue weighted by atomic mass is 127. The van der Waals surface area contributed by atoms with Crippen molar-refractivity contribution >= 4 is 29.9 Å². The van der Waals surface area contributed by atoms with Gasteiger partial charge in [0.25, 0.3) is 0 Å². The van der Waals surface area contributed by atoms with Crippen molar-refractivity contribution in [2.24, 2.45) is 10.7 Å². The van der Waals surface area contributed by atoms with Crippen LogP contribution in [-0.2, 0) is 13.1 Å². The van der Waals surface area contributed by atoms with E-state index in [2.05, 4.69) is 45.8 Å². The Morgan fingerprint density at radius 2 is 2.09 bits per heavy atom. The van der Waals surface area contributed by atoms with Gasteiger partial charge in [0.2, 0.25) is 0 Å². The average molecular weight is 413 g/mol. The lowest BCUT2D eigenvalue weighted by molar-refractivity contribution is 0.634. The first kappa shape index (κ1) is 18.5. The number of hydrogen-bond acceptors (Lipinski definition) is 2. The Hall–Kier alpha value is -1.57. The smallest absolute Gasteiger partial charge is 0.189 e. The van der Waals surface area contributed by atoms with Gasteiger partial charge in [-0.2, -0.15) is 0 Å². The zero-order valence-electron chi connectivity index (χ0n) is 13.1.